The van der Waals surface area contributed by atoms with Gasteiger partial charge in [0.05, 0.1) is 5.75 Å². The van der Waals surface area contributed by atoms with E-state index in [2.05, 4.69) is 34.6 Å². The molecule has 146 valence electrons. The van der Waals surface area contributed by atoms with Crippen LogP contribution in [-0.4, -0.2) is 27.9 Å². The molecule has 0 radical (unpaired) electrons. The van der Waals surface area contributed by atoms with Gasteiger partial charge in [-0.1, -0.05) is 48.2 Å². The molecule has 0 aliphatic carbocycles. The Morgan fingerprint density at radius 2 is 1.89 bits per heavy atom. The van der Waals surface area contributed by atoms with Crippen molar-refractivity contribution in [1.29, 1.82) is 0 Å². The van der Waals surface area contributed by atoms with Crippen LogP contribution in [0.25, 0.3) is 11.5 Å². The quantitative estimate of drug-likeness (QED) is 0.565. The zero-order valence-electron chi connectivity index (χ0n) is 16.4. The number of rotatable bonds is 8. The van der Waals surface area contributed by atoms with Crippen molar-refractivity contribution in [2.75, 3.05) is 5.75 Å². The van der Waals surface area contributed by atoms with E-state index < -0.39 is 0 Å². The Balaban J connectivity index is 1.45. The lowest BCUT2D eigenvalue weighted by Gasteiger charge is -2.13. The standard InChI is InChI=1S/C22H25N3O2S/c1-15-9-12-19(13-16(15)2)21-24-25-22(27-21)28-14-20(26)23-17(3)10-11-18-7-5-4-6-8-18/h4-9,12-13,17H,10-11,14H2,1-3H3,(H,23,26)/t17-/m1/s1. The fourth-order valence-corrected chi connectivity index (χ4v) is 3.38. The number of amides is 1. The maximum Gasteiger partial charge on any atom is 0.277 e. The molecule has 0 aliphatic rings. The van der Waals surface area contributed by atoms with Crippen LogP contribution in [0, 0.1) is 13.8 Å². The molecule has 0 unspecified atom stereocenters. The van der Waals surface area contributed by atoms with Crippen molar-refractivity contribution in [3.05, 3.63) is 65.2 Å². The molecule has 1 aromatic heterocycles. The maximum atomic E-state index is 12.2. The Morgan fingerprint density at radius 3 is 2.64 bits per heavy atom. The summed E-state index contributed by atoms with van der Waals surface area (Å²) in [6.45, 7) is 6.14. The van der Waals surface area contributed by atoms with E-state index >= 15 is 0 Å². The summed E-state index contributed by atoms with van der Waals surface area (Å²) in [5, 5.41) is 11.6. The van der Waals surface area contributed by atoms with Gasteiger partial charge in [-0.05, 0) is 62.4 Å². The van der Waals surface area contributed by atoms with Crippen molar-refractivity contribution in [3.8, 4) is 11.5 Å². The lowest BCUT2D eigenvalue weighted by molar-refractivity contribution is -0.119. The van der Waals surface area contributed by atoms with Gasteiger partial charge in [0.1, 0.15) is 0 Å². The molecule has 5 nitrogen and oxygen atoms in total. The number of aromatic nitrogens is 2. The number of hydrogen-bond donors (Lipinski definition) is 1. The third-order valence-corrected chi connectivity index (χ3v) is 5.42. The molecule has 1 heterocycles. The fraction of sp³-hybridized carbons (Fsp3) is 0.318. The zero-order valence-corrected chi connectivity index (χ0v) is 17.3. The van der Waals surface area contributed by atoms with Crippen molar-refractivity contribution in [1.82, 2.24) is 15.5 Å². The number of hydrogen-bond acceptors (Lipinski definition) is 5. The minimum absolute atomic E-state index is 0.0310. The Kier molecular flexibility index (Phi) is 6.87. The summed E-state index contributed by atoms with van der Waals surface area (Å²) in [5.74, 6) is 0.697. The summed E-state index contributed by atoms with van der Waals surface area (Å²) < 4.78 is 5.69. The number of thioether (sulfide) groups is 1. The molecular formula is C22H25N3O2S. The maximum absolute atomic E-state index is 12.2. The lowest BCUT2D eigenvalue weighted by Crippen LogP contribution is -2.34. The highest BCUT2D eigenvalue weighted by Crippen LogP contribution is 2.24. The van der Waals surface area contributed by atoms with Gasteiger partial charge in [0.2, 0.25) is 11.8 Å². The van der Waals surface area contributed by atoms with Crippen LogP contribution in [0.4, 0.5) is 0 Å². The molecule has 1 N–H and O–H groups in total. The smallest absolute Gasteiger partial charge is 0.277 e. The van der Waals surface area contributed by atoms with Gasteiger partial charge in [0, 0.05) is 11.6 Å². The third kappa shape index (κ3) is 5.70. The summed E-state index contributed by atoms with van der Waals surface area (Å²) in [4.78, 5) is 12.2. The molecule has 0 bridgehead atoms. The Labute approximate surface area is 170 Å². The molecule has 3 aromatic rings. The molecule has 1 atom stereocenters. The fourth-order valence-electron chi connectivity index (χ4n) is 2.80. The van der Waals surface area contributed by atoms with E-state index in [4.69, 9.17) is 4.42 Å². The van der Waals surface area contributed by atoms with E-state index in [-0.39, 0.29) is 17.7 Å². The first-order valence-corrected chi connectivity index (χ1v) is 10.4. The molecule has 0 spiro atoms. The van der Waals surface area contributed by atoms with Crippen LogP contribution < -0.4 is 5.32 Å². The summed E-state index contributed by atoms with van der Waals surface area (Å²) in [6.07, 6.45) is 1.84. The number of carbonyl (C=O) groups is 1. The van der Waals surface area contributed by atoms with E-state index in [1.807, 2.05) is 50.2 Å². The largest absolute Gasteiger partial charge is 0.411 e. The average molecular weight is 396 g/mol. The third-order valence-electron chi connectivity index (χ3n) is 4.60. The van der Waals surface area contributed by atoms with E-state index in [1.165, 1.54) is 28.5 Å². The summed E-state index contributed by atoms with van der Waals surface area (Å²) in [6, 6.07) is 16.4. The molecule has 6 heteroatoms. The van der Waals surface area contributed by atoms with Gasteiger partial charge in [0.25, 0.3) is 5.22 Å². The highest BCUT2D eigenvalue weighted by atomic mass is 32.2. The minimum atomic E-state index is -0.0310. The van der Waals surface area contributed by atoms with Crippen molar-refractivity contribution >= 4 is 17.7 Å². The molecule has 2 aromatic carbocycles. The lowest BCUT2D eigenvalue weighted by atomic mass is 10.1. The monoisotopic (exact) mass is 395 g/mol. The highest BCUT2D eigenvalue weighted by Gasteiger charge is 2.13. The van der Waals surface area contributed by atoms with E-state index in [0.717, 1.165) is 18.4 Å². The first-order valence-electron chi connectivity index (χ1n) is 9.38. The SMILES string of the molecule is Cc1ccc(-c2nnc(SCC(=O)N[C@H](C)CCc3ccccc3)o2)cc1C. The average Bonchev–Trinajstić information content (AvgIpc) is 3.17. The van der Waals surface area contributed by atoms with Gasteiger partial charge in [-0.3, -0.25) is 4.79 Å². The second-order valence-corrected chi connectivity index (χ2v) is 7.88. The van der Waals surface area contributed by atoms with Crippen LogP contribution in [0.1, 0.15) is 30.0 Å². The van der Waals surface area contributed by atoms with Crippen molar-refractivity contribution in [2.45, 2.75) is 44.9 Å². The molecular weight excluding hydrogens is 370 g/mol. The minimum Gasteiger partial charge on any atom is -0.411 e. The molecule has 0 fully saturated rings. The van der Waals surface area contributed by atoms with Crippen LogP contribution in [0.5, 0.6) is 0 Å². The first-order chi connectivity index (χ1) is 13.5. The van der Waals surface area contributed by atoms with Crippen LogP contribution in [0.3, 0.4) is 0 Å². The number of nitrogens with one attached hydrogen (secondary N) is 1. The van der Waals surface area contributed by atoms with Gasteiger partial charge in [-0.2, -0.15) is 0 Å². The second kappa shape index (κ2) is 9.55. The van der Waals surface area contributed by atoms with Crippen LogP contribution in [0.15, 0.2) is 58.2 Å². The number of nitrogens with zero attached hydrogens (tertiary/aromatic N) is 2. The van der Waals surface area contributed by atoms with Crippen LogP contribution >= 0.6 is 11.8 Å². The van der Waals surface area contributed by atoms with Gasteiger partial charge >= 0.3 is 0 Å². The van der Waals surface area contributed by atoms with E-state index in [1.54, 1.807) is 0 Å². The number of aryl methyl sites for hydroxylation is 3. The van der Waals surface area contributed by atoms with Crippen molar-refractivity contribution in [3.63, 3.8) is 0 Å². The van der Waals surface area contributed by atoms with Gasteiger partial charge in [-0.15, -0.1) is 10.2 Å². The molecule has 0 saturated heterocycles. The molecule has 3 rings (SSSR count). The molecule has 0 saturated carbocycles. The first kappa shape index (κ1) is 20.1. The topological polar surface area (TPSA) is 68.0 Å². The van der Waals surface area contributed by atoms with Gasteiger partial charge in [0.15, 0.2) is 0 Å². The molecule has 28 heavy (non-hydrogen) atoms. The van der Waals surface area contributed by atoms with Gasteiger partial charge in [-0.25, -0.2) is 0 Å². The second-order valence-electron chi connectivity index (χ2n) is 6.95. The van der Waals surface area contributed by atoms with E-state index in [9.17, 15) is 4.79 Å². The summed E-state index contributed by atoms with van der Waals surface area (Å²) in [5.41, 5.74) is 4.56. The molecule has 1 amide bonds. The molecule has 0 aliphatic heterocycles. The Bertz CT molecular complexity index is 925. The van der Waals surface area contributed by atoms with Crippen LogP contribution in [-0.2, 0) is 11.2 Å². The highest BCUT2D eigenvalue weighted by molar-refractivity contribution is 7.99. The summed E-state index contributed by atoms with van der Waals surface area (Å²) >= 11 is 1.26. The Morgan fingerprint density at radius 1 is 1.11 bits per heavy atom. The van der Waals surface area contributed by atoms with Crippen molar-refractivity contribution < 1.29 is 9.21 Å². The normalized spacial score (nSPS) is 12.0. The summed E-state index contributed by atoms with van der Waals surface area (Å²) in [7, 11) is 0. The number of carbonyl (C=O) groups excluding carboxylic acids is 1. The number of benzene rings is 2. The zero-order chi connectivity index (χ0) is 19.9. The predicted molar refractivity (Wildman–Crippen MR) is 112 cm³/mol. The van der Waals surface area contributed by atoms with Crippen molar-refractivity contribution in [2.24, 2.45) is 0 Å². The Hall–Kier alpha value is -2.60. The van der Waals surface area contributed by atoms with E-state index in [0.29, 0.717) is 11.1 Å². The van der Waals surface area contributed by atoms with Gasteiger partial charge < -0.3 is 9.73 Å². The van der Waals surface area contributed by atoms with Crippen LogP contribution in [0.2, 0.25) is 0 Å². The predicted octanol–water partition coefficient (Wildman–Crippen LogP) is 4.58.